The van der Waals surface area contributed by atoms with Crippen LogP contribution in [0, 0.1) is 0 Å². The highest BCUT2D eigenvalue weighted by molar-refractivity contribution is 6.22. The van der Waals surface area contributed by atoms with Crippen LogP contribution in [0.2, 0.25) is 0 Å². The lowest BCUT2D eigenvalue weighted by Crippen LogP contribution is -2.18. The van der Waals surface area contributed by atoms with Gasteiger partial charge in [0.2, 0.25) is 0 Å². The molecule has 0 aromatic rings. The third kappa shape index (κ3) is 2.86. The predicted molar refractivity (Wildman–Crippen MR) is 31.7 cm³/mol. The smallest absolute Gasteiger partial charge is 0.294 e. The summed E-state index contributed by atoms with van der Waals surface area (Å²) in [5.41, 5.74) is 0. The van der Waals surface area contributed by atoms with Gasteiger partial charge in [0.05, 0.1) is 0 Å². The Morgan fingerprint density at radius 3 is 2.50 bits per heavy atom. The van der Waals surface area contributed by atoms with Gasteiger partial charge in [-0.3, -0.25) is 4.79 Å². The van der Waals surface area contributed by atoms with Gasteiger partial charge < -0.3 is 4.74 Å². The van der Waals surface area contributed by atoms with E-state index >= 15 is 0 Å². The van der Waals surface area contributed by atoms with Gasteiger partial charge in [0.25, 0.3) is 6.47 Å². The number of rotatable bonds is 3. The summed E-state index contributed by atoms with van der Waals surface area (Å²) in [5.74, 6) is 0. The summed E-state index contributed by atoms with van der Waals surface area (Å²) in [7, 11) is 0. The molecule has 0 amide bonds. The van der Waals surface area contributed by atoms with Crippen molar-refractivity contribution < 1.29 is 9.53 Å². The van der Waals surface area contributed by atoms with Crippen LogP contribution in [-0.2, 0) is 9.53 Å². The Morgan fingerprint density at radius 2 is 2.38 bits per heavy atom. The standard InChI is InChI=1S/C5H9ClO2/c1-3-5(2,6)8-4-7/h4H,3H2,1-2H3. The first-order valence-corrected chi connectivity index (χ1v) is 2.80. The zero-order chi connectivity index (χ0) is 6.62. The monoisotopic (exact) mass is 136 g/mol. The SMILES string of the molecule is CCC(C)(Cl)OC=O. The maximum Gasteiger partial charge on any atom is 0.294 e. The third-order valence-electron chi connectivity index (χ3n) is 0.925. The summed E-state index contributed by atoms with van der Waals surface area (Å²) < 4.78 is 4.46. The van der Waals surface area contributed by atoms with Crippen LogP contribution in [-0.4, -0.2) is 11.5 Å². The van der Waals surface area contributed by atoms with Crippen LogP contribution in [0.25, 0.3) is 0 Å². The summed E-state index contributed by atoms with van der Waals surface area (Å²) in [4.78, 5) is 9.67. The largest absolute Gasteiger partial charge is 0.446 e. The lowest BCUT2D eigenvalue weighted by molar-refractivity contribution is -0.135. The molecule has 0 radical (unpaired) electrons. The van der Waals surface area contributed by atoms with Crippen LogP contribution in [0.3, 0.4) is 0 Å². The number of alkyl halides is 1. The number of halogens is 1. The van der Waals surface area contributed by atoms with E-state index < -0.39 is 5.06 Å². The lowest BCUT2D eigenvalue weighted by atomic mass is 10.3. The summed E-state index contributed by atoms with van der Waals surface area (Å²) in [5, 5.41) is -0.804. The maximum absolute atomic E-state index is 9.67. The Bertz CT molecular complexity index is 80.5. The number of hydrogen-bond acceptors (Lipinski definition) is 2. The first-order valence-electron chi connectivity index (χ1n) is 2.43. The highest BCUT2D eigenvalue weighted by Gasteiger charge is 2.17. The summed E-state index contributed by atoms with van der Waals surface area (Å²) >= 11 is 5.57. The van der Waals surface area contributed by atoms with Crippen LogP contribution in [0.1, 0.15) is 20.3 Å². The molecule has 0 heterocycles. The van der Waals surface area contributed by atoms with Gasteiger partial charge >= 0.3 is 0 Å². The van der Waals surface area contributed by atoms with E-state index in [4.69, 9.17) is 11.6 Å². The molecule has 0 spiro atoms. The molecule has 0 saturated heterocycles. The molecular formula is C5H9ClO2. The van der Waals surface area contributed by atoms with Crippen LogP contribution in [0.5, 0.6) is 0 Å². The molecule has 0 aliphatic carbocycles. The van der Waals surface area contributed by atoms with E-state index in [9.17, 15) is 4.79 Å². The molecule has 0 saturated carbocycles. The van der Waals surface area contributed by atoms with E-state index in [1.807, 2.05) is 6.92 Å². The highest BCUT2D eigenvalue weighted by Crippen LogP contribution is 2.18. The second-order valence-corrected chi connectivity index (χ2v) is 2.47. The molecule has 3 heteroatoms. The fraction of sp³-hybridized carbons (Fsp3) is 0.800. The van der Waals surface area contributed by atoms with Crippen molar-refractivity contribution in [1.29, 1.82) is 0 Å². The number of carbonyl (C=O) groups excluding carboxylic acids is 1. The minimum atomic E-state index is -0.804. The minimum absolute atomic E-state index is 0.358. The molecule has 48 valence electrons. The Morgan fingerprint density at radius 1 is 1.88 bits per heavy atom. The molecule has 0 aromatic heterocycles. The van der Waals surface area contributed by atoms with E-state index in [1.54, 1.807) is 6.92 Å². The molecular weight excluding hydrogens is 128 g/mol. The van der Waals surface area contributed by atoms with Gasteiger partial charge in [0, 0.05) is 0 Å². The van der Waals surface area contributed by atoms with Gasteiger partial charge in [-0.15, -0.1) is 0 Å². The van der Waals surface area contributed by atoms with Crippen LogP contribution >= 0.6 is 11.6 Å². The fourth-order valence-corrected chi connectivity index (χ4v) is 0.220. The van der Waals surface area contributed by atoms with Crippen LogP contribution in [0.4, 0.5) is 0 Å². The molecule has 0 rings (SSSR count). The number of carbonyl (C=O) groups is 1. The van der Waals surface area contributed by atoms with Crippen molar-refractivity contribution in [2.24, 2.45) is 0 Å². The second kappa shape index (κ2) is 2.92. The van der Waals surface area contributed by atoms with Crippen molar-refractivity contribution >= 4 is 18.1 Å². The first-order chi connectivity index (χ1) is 3.62. The lowest BCUT2D eigenvalue weighted by Gasteiger charge is -2.16. The molecule has 0 N–H and O–H groups in total. The molecule has 8 heavy (non-hydrogen) atoms. The van der Waals surface area contributed by atoms with Gasteiger partial charge in [0.1, 0.15) is 0 Å². The van der Waals surface area contributed by atoms with E-state index in [0.717, 1.165) is 0 Å². The van der Waals surface area contributed by atoms with E-state index in [0.29, 0.717) is 12.9 Å². The van der Waals surface area contributed by atoms with Crippen molar-refractivity contribution in [3.05, 3.63) is 0 Å². The van der Waals surface area contributed by atoms with Gasteiger partial charge in [-0.25, -0.2) is 0 Å². The third-order valence-corrected chi connectivity index (χ3v) is 1.28. The highest BCUT2D eigenvalue weighted by atomic mass is 35.5. The number of ether oxygens (including phenoxy) is 1. The van der Waals surface area contributed by atoms with Crippen molar-refractivity contribution in [1.82, 2.24) is 0 Å². The Kier molecular flexibility index (Phi) is 2.84. The Balaban J connectivity index is 3.53. The van der Waals surface area contributed by atoms with Crippen molar-refractivity contribution in [3.8, 4) is 0 Å². The average molecular weight is 137 g/mol. The Labute approximate surface area is 53.8 Å². The number of hydrogen-bond donors (Lipinski definition) is 0. The van der Waals surface area contributed by atoms with Crippen LogP contribution < -0.4 is 0 Å². The zero-order valence-electron chi connectivity index (χ0n) is 4.98. The average Bonchev–Trinajstić information content (AvgIpc) is 1.67. The van der Waals surface area contributed by atoms with Crippen molar-refractivity contribution in [3.63, 3.8) is 0 Å². The maximum atomic E-state index is 9.67. The molecule has 0 fully saturated rings. The van der Waals surface area contributed by atoms with Gasteiger partial charge in [-0.1, -0.05) is 18.5 Å². The molecule has 2 nitrogen and oxygen atoms in total. The van der Waals surface area contributed by atoms with Crippen molar-refractivity contribution in [2.75, 3.05) is 0 Å². The van der Waals surface area contributed by atoms with E-state index in [1.165, 1.54) is 0 Å². The molecule has 0 aliphatic rings. The molecule has 0 bridgehead atoms. The molecule has 1 unspecified atom stereocenters. The molecule has 0 aromatic carbocycles. The van der Waals surface area contributed by atoms with E-state index in [2.05, 4.69) is 4.74 Å². The summed E-state index contributed by atoms with van der Waals surface area (Å²) in [6.07, 6.45) is 0.618. The summed E-state index contributed by atoms with van der Waals surface area (Å²) in [6, 6.07) is 0. The predicted octanol–water partition coefficient (Wildman–Crippen LogP) is 1.52. The summed E-state index contributed by atoms with van der Waals surface area (Å²) in [6.45, 7) is 3.84. The minimum Gasteiger partial charge on any atom is -0.446 e. The van der Waals surface area contributed by atoms with Gasteiger partial charge in [-0.2, -0.15) is 0 Å². The first kappa shape index (κ1) is 7.76. The second-order valence-electron chi connectivity index (χ2n) is 1.67. The fourth-order valence-electron chi connectivity index (χ4n) is 0.184. The topological polar surface area (TPSA) is 26.3 Å². The zero-order valence-corrected chi connectivity index (χ0v) is 5.73. The molecule has 1 atom stereocenters. The Hall–Kier alpha value is -0.240. The normalized spacial score (nSPS) is 16.9. The van der Waals surface area contributed by atoms with Gasteiger partial charge in [0.15, 0.2) is 5.06 Å². The van der Waals surface area contributed by atoms with E-state index in [-0.39, 0.29) is 0 Å². The quantitative estimate of drug-likeness (QED) is 0.435. The molecule has 0 aliphatic heterocycles. The van der Waals surface area contributed by atoms with Crippen LogP contribution in [0.15, 0.2) is 0 Å². The van der Waals surface area contributed by atoms with Crippen molar-refractivity contribution in [2.45, 2.75) is 25.3 Å². The van der Waals surface area contributed by atoms with Gasteiger partial charge in [-0.05, 0) is 13.3 Å².